The van der Waals surface area contributed by atoms with Gasteiger partial charge in [-0.1, -0.05) is 6.92 Å². The Kier molecular flexibility index (Phi) is 7.13. The minimum absolute atomic E-state index is 0.259. The first-order valence-corrected chi connectivity index (χ1v) is 4.06. The van der Waals surface area contributed by atoms with Crippen LogP contribution in [0.4, 0.5) is 0 Å². The molecule has 66 valence electrons. The van der Waals surface area contributed by atoms with Crippen molar-refractivity contribution in [2.75, 3.05) is 0 Å². The van der Waals surface area contributed by atoms with Crippen molar-refractivity contribution in [1.29, 1.82) is 5.26 Å². The maximum Gasteiger partial charge on any atom is 0.394 e. The lowest BCUT2D eigenvalue weighted by molar-refractivity contribution is 0.381. The Morgan fingerprint density at radius 3 is 1.91 bits per heavy atom. The van der Waals surface area contributed by atoms with Crippen molar-refractivity contribution < 1.29 is 17.5 Å². The van der Waals surface area contributed by atoms with Gasteiger partial charge in [-0.3, -0.25) is 9.11 Å². The van der Waals surface area contributed by atoms with E-state index in [0.29, 0.717) is 0 Å². The second kappa shape index (κ2) is 6.06. The number of rotatable bonds is 1. The van der Waals surface area contributed by atoms with E-state index in [0.717, 1.165) is 6.42 Å². The molecule has 0 saturated carbocycles. The van der Waals surface area contributed by atoms with Crippen molar-refractivity contribution in [2.24, 2.45) is 5.73 Å². The molecule has 0 radical (unpaired) electrons. The molecule has 0 bridgehead atoms. The summed E-state index contributed by atoms with van der Waals surface area (Å²) in [6, 6.07) is 1.63. The van der Waals surface area contributed by atoms with Gasteiger partial charge in [-0.25, -0.2) is 0 Å². The molecular weight excluding hydrogens is 172 g/mol. The number of nitrogens with two attached hydrogens (primary N) is 1. The summed E-state index contributed by atoms with van der Waals surface area (Å²) in [7, 11) is -4.67. The van der Waals surface area contributed by atoms with E-state index >= 15 is 0 Å². The number of hydrogen-bond acceptors (Lipinski definition) is 4. The fraction of sp³-hybridized carbons (Fsp3) is 0.750. The standard InChI is InChI=1S/C4H8N2.H2O4S/c1-2-4(6)3-5;1-5(2,3)4/h4H,2,6H2,1H3;(H2,1,2,3,4)/t4-;/m1./s1. The van der Waals surface area contributed by atoms with E-state index in [1.807, 2.05) is 13.0 Å². The number of nitriles is 1. The van der Waals surface area contributed by atoms with Crippen molar-refractivity contribution in [1.82, 2.24) is 0 Å². The summed E-state index contributed by atoms with van der Waals surface area (Å²) in [5, 5.41) is 7.96. The predicted molar refractivity (Wildman–Crippen MR) is 38.1 cm³/mol. The van der Waals surface area contributed by atoms with Crippen LogP contribution >= 0.6 is 0 Å². The zero-order valence-electron chi connectivity index (χ0n) is 5.93. The molecule has 0 aromatic rings. The second-order valence-electron chi connectivity index (χ2n) is 1.59. The van der Waals surface area contributed by atoms with E-state index in [4.69, 9.17) is 28.5 Å². The molecule has 1 atom stereocenters. The smallest absolute Gasteiger partial charge is 0.316 e. The molecule has 0 aliphatic heterocycles. The van der Waals surface area contributed by atoms with E-state index < -0.39 is 10.4 Å². The average molecular weight is 182 g/mol. The lowest BCUT2D eigenvalue weighted by atomic mass is 10.3. The molecular formula is C4H10N2O4S. The fourth-order valence-electron chi connectivity index (χ4n) is 0.0913. The highest BCUT2D eigenvalue weighted by molar-refractivity contribution is 7.79. The number of nitrogens with zero attached hydrogens (tertiary/aromatic N) is 1. The van der Waals surface area contributed by atoms with Gasteiger partial charge < -0.3 is 5.73 Å². The van der Waals surface area contributed by atoms with E-state index in [2.05, 4.69) is 0 Å². The molecule has 7 heteroatoms. The molecule has 0 saturated heterocycles. The van der Waals surface area contributed by atoms with Crippen LogP contribution in [0.15, 0.2) is 0 Å². The summed E-state index contributed by atoms with van der Waals surface area (Å²) in [6.45, 7) is 1.88. The Hall–Kier alpha value is -0.680. The fourth-order valence-corrected chi connectivity index (χ4v) is 0.0913. The van der Waals surface area contributed by atoms with Crippen molar-refractivity contribution in [2.45, 2.75) is 19.4 Å². The summed E-state index contributed by atoms with van der Waals surface area (Å²) in [4.78, 5) is 0. The van der Waals surface area contributed by atoms with Gasteiger partial charge in [-0.2, -0.15) is 13.7 Å². The minimum Gasteiger partial charge on any atom is -0.316 e. The Balaban J connectivity index is 0. The molecule has 0 aliphatic rings. The molecule has 0 heterocycles. The molecule has 11 heavy (non-hydrogen) atoms. The Bertz CT molecular complexity index is 209. The van der Waals surface area contributed by atoms with Gasteiger partial charge in [0.05, 0.1) is 12.1 Å². The lowest BCUT2D eigenvalue weighted by Gasteiger charge is -1.88. The molecule has 6 nitrogen and oxygen atoms in total. The zero-order valence-corrected chi connectivity index (χ0v) is 6.74. The second-order valence-corrected chi connectivity index (χ2v) is 2.49. The SMILES string of the molecule is CC[C@@H](N)C#N.O=S(=O)(O)O. The Labute approximate surface area is 65.2 Å². The molecule has 4 N–H and O–H groups in total. The van der Waals surface area contributed by atoms with Crippen LogP contribution < -0.4 is 5.73 Å². The molecule has 0 unspecified atom stereocenters. The summed E-state index contributed by atoms with van der Waals surface area (Å²) in [5.74, 6) is 0. The van der Waals surface area contributed by atoms with Crippen LogP contribution in [0.3, 0.4) is 0 Å². The molecule has 0 aromatic heterocycles. The normalized spacial score (nSPS) is 12.3. The van der Waals surface area contributed by atoms with Gasteiger partial charge in [0.25, 0.3) is 0 Å². The molecule has 0 amide bonds. The van der Waals surface area contributed by atoms with E-state index in [-0.39, 0.29) is 6.04 Å². The van der Waals surface area contributed by atoms with Gasteiger partial charge in [-0.15, -0.1) is 0 Å². The molecule has 0 spiro atoms. The van der Waals surface area contributed by atoms with Crippen LogP contribution in [-0.2, 0) is 10.4 Å². The molecule has 0 aliphatic carbocycles. The quantitative estimate of drug-likeness (QED) is 0.473. The molecule has 0 aromatic carbocycles. The van der Waals surface area contributed by atoms with Gasteiger partial charge in [0, 0.05) is 0 Å². The third kappa shape index (κ3) is 45.3. The highest BCUT2D eigenvalue weighted by Crippen LogP contribution is 1.77. The summed E-state index contributed by atoms with van der Waals surface area (Å²) >= 11 is 0. The van der Waals surface area contributed by atoms with Crippen LogP contribution in [0.1, 0.15) is 13.3 Å². The largest absolute Gasteiger partial charge is 0.394 e. The average Bonchev–Trinajstić information content (AvgIpc) is 1.83. The first kappa shape index (κ1) is 12.9. The molecule has 0 rings (SSSR count). The zero-order chi connectivity index (χ0) is 9.49. The summed E-state index contributed by atoms with van der Waals surface area (Å²) < 4.78 is 31.6. The Morgan fingerprint density at radius 1 is 1.64 bits per heavy atom. The minimum atomic E-state index is -4.67. The van der Waals surface area contributed by atoms with Crippen LogP contribution in [0.25, 0.3) is 0 Å². The van der Waals surface area contributed by atoms with Crippen LogP contribution in [-0.4, -0.2) is 23.6 Å². The van der Waals surface area contributed by atoms with Crippen LogP contribution in [0, 0.1) is 11.3 Å². The van der Waals surface area contributed by atoms with Gasteiger partial charge in [0.1, 0.15) is 0 Å². The van der Waals surface area contributed by atoms with Crippen molar-refractivity contribution in [3.8, 4) is 6.07 Å². The Morgan fingerprint density at radius 2 is 1.91 bits per heavy atom. The first-order valence-electron chi connectivity index (χ1n) is 2.66. The van der Waals surface area contributed by atoms with Gasteiger partial charge in [-0.05, 0) is 6.42 Å². The maximum atomic E-state index is 8.74. The first-order chi connectivity index (χ1) is 4.81. The van der Waals surface area contributed by atoms with E-state index in [1.54, 1.807) is 0 Å². The lowest BCUT2D eigenvalue weighted by Crippen LogP contribution is -2.14. The van der Waals surface area contributed by atoms with Crippen molar-refractivity contribution >= 4 is 10.4 Å². The highest BCUT2D eigenvalue weighted by Gasteiger charge is 1.88. The van der Waals surface area contributed by atoms with Crippen molar-refractivity contribution in [3.63, 3.8) is 0 Å². The van der Waals surface area contributed by atoms with Gasteiger partial charge >= 0.3 is 10.4 Å². The van der Waals surface area contributed by atoms with Gasteiger partial charge in [0.2, 0.25) is 0 Å². The number of hydrogen-bond donors (Lipinski definition) is 3. The highest BCUT2D eigenvalue weighted by atomic mass is 32.3. The third-order valence-corrected chi connectivity index (χ3v) is 0.606. The maximum absolute atomic E-state index is 8.74. The van der Waals surface area contributed by atoms with Crippen LogP contribution in [0.5, 0.6) is 0 Å². The van der Waals surface area contributed by atoms with Crippen LogP contribution in [0.2, 0.25) is 0 Å². The van der Waals surface area contributed by atoms with Gasteiger partial charge in [0.15, 0.2) is 0 Å². The molecule has 0 fully saturated rings. The van der Waals surface area contributed by atoms with E-state index in [9.17, 15) is 0 Å². The third-order valence-electron chi connectivity index (χ3n) is 0.606. The summed E-state index contributed by atoms with van der Waals surface area (Å²) in [5.41, 5.74) is 5.11. The van der Waals surface area contributed by atoms with Crippen molar-refractivity contribution in [3.05, 3.63) is 0 Å². The monoisotopic (exact) mass is 182 g/mol. The van der Waals surface area contributed by atoms with E-state index in [1.165, 1.54) is 0 Å². The predicted octanol–water partition coefficient (Wildman–Crippen LogP) is -0.406. The summed E-state index contributed by atoms with van der Waals surface area (Å²) in [6.07, 6.45) is 0.747. The topological polar surface area (TPSA) is 124 Å².